The fourth-order valence-corrected chi connectivity index (χ4v) is 5.88. The van der Waals surface area contributed by atoms with Gasteiger partial charge < -0.3 is 9.47 Å². The molecule has 0 spiro atoms. The zero-order valence-corrected chi connectivity index (χ0v) is 17.0. The molecule has 1 atom stereocenters. The van der Waals surface area contributed by atoms with E-state index in [1.165, 1.54) is 11.8 Å². The molecular formula is C17H23N5O3S2. The second-order valence-corrected chi connectivity index (χ2v) is 9.48. The van der Waals surface area contributed by atoms with Crippen LogP contribution in [0.15, 0.2) is 29.7 Å². The fourth-order valence-electron chi connectivity index (χ4n) is 3.26. The highest BCUT2D eigenvalue weighted by Crippen LogP contribution is 2.25. The van der Waals surface area contributed by atoms with Crippen LogP contribution in [0.4, 0.5) is 0 Å². The van der Waals surface area contributed by atoms with Gasteiger partial charge in [-0.3, -0.25) is 9.78 Å². The van der Waals surface area contributed by atoms with Crippen molar-refractivity contribution >= 4 is 27.5 Å². The van der Waals surface area contributed by atoms with Gasteiger partial charge in [-0.05, 0) is 32.4 Å². The first kappa shape index (κ1) is 19.8. The normalized spacial score (nSPS) is 18.5. The summed E-state index contributed by atoms with van der Waals surface area (Å²) in [6.45, 7) is 5.06. The van der Waals surface area contributed by atoms with Gasteiger partial charge in [0.05, 0.1) is 17.3 Å². The van der Waals surface area contributed by atoms with Crippen LogP contribution in [0, 0.1) is 0 Å². The third-order valence-electron chi connectivity index (χ3n) is 4.61. The highest BCUT2D eigenvalue weighted by Gasteiger charge is 2.33. The average Bonchev–Trinajstić information content (AvgIpc) is 3.24. The maximum absolute atomic E-state index is 12.7. The lowest BCUT2D eigenvalue weighted by atomic mass is 10.2. The predicted octanol–water partition coefficient (Wildman–Crippen LogP) is 1.49. The molecule has 8 nitrogen and oxygen atoms in total. The number of amides is 1. The third-order valence-corrected chi connectivity index (χ3v) is 7.31. The van der Waals surface area contributed by atoms with Crippen molar-refractivity contribution in [3.63, 3.8) is 0 Å². The van der Waals surface area contributed by atoms with E-state index in [0.717, 1.165) is 11.4 Å². The summed E-state index contributed by atoms with van der Waals surface area (Å²) in [6, 6.07) is 3.52. The standard InChI is InChI=1S/C17H23N5O3S2/c1-3-21(14-7-10-27(24,25)12-14)15(23)11-26-17-20-19-16(22(17)4-2)13-5-8-18-9-6-13/h5-6,8-9,14H,3-4,7,10-12H2,1-2H3/t14-/m0/s1. The SMILES string of the molecule is CCN(C(=O)CSc1nnc(-c2ccncc2)n1CC)[C@H]1CCS(=O)(=O)C1. The summed E-state index contributed by atoms with van der Waals surface area (Å²) in [5.41, 5.74) is 0.920. The van der Waals surface area contributed by atoms with Crippen molar-refractivity contribution in [2.24, 2.45) is 0 Å². The fraction of sp³-hybridized carbons (Fsp3) is 0.529. The van der Waals surface area contributed by atoms with E-state index in [0.29, 0.717) is 24.7 Å². The summed E-state index contributed by atoms with van der Waals surface area (Å²) in [5, 5.41) is 9.16. The Hall–Kier alpha value is -1.94. The van der Waals surface area contributed by atoms with Crippen molar-refractivity contribution < 1.29 is 13.2 Å². The molecule has 1 amide bonds. The maximum atomic E-state index is 12.7. The molecule has 3 heterocycles. The highest BCUT2D eigenvalue weighted by atomic mass is 32.2. The van der Waals surface area contributed by atoms with E-state index < -0.39 is 9.84 Å². The third kappa shape index (κ3) is 4.49. The molecule has 0 unspecified atom stereocenters. The van der Waals surface area contributed by atoms with Gasteiger partial charge in [-0.25, -0.2) is 8.42 Å². The second-order valence-electron chi connectivity index (χ2n) is 6.31. The Kier molecular flexibility index (Phi) is 6.15. The lowest BCUT2D eigenvalue weighted by Gasteiger charge is -2.26. The Morgan fingerprint density at radius 3 is 2.63 bits per heavy atom. The smallest absolute Gasteiger partial charge is 0.233 e. The Morgan fingerprint density at radius 2 is 2.04 bits per heavy atom. The van der Waals surface area contributed by atoms with Crippen LogP contribution in [-0.4, -0.2) is 68.8 Å². The van der Waals surface area contributed by atoms with Gasteiger partial charge in [-0.2, -0.15) is 0 Å². The van der Waals surface area contributed by atoms with Crippen LogP contribution in [0.2, 0.25) is 0 Å². The molecule has 3 rings (SSSR count). The predicted molar refractivity (Wildman–Crippen MR) is 104 cm³/mol. The number of carbonyl (C=O) groups is 1. The van der Waals surface area contributed by atoms with Crippen molar-refractivity contribution in [1.82, 2.24) is 24.6 Å². The van der Waals surface area contributed by atoms with E-state index in [2.05, 4.69) is 15.2 Å². The van der Waals surface area contributed by atoms with E-state index in [1.54, 1.807) is 17.3 Å². The molecule has 0 saturated carbocycles. The van der Waals surface area contributed by atoms with Gasteiger partial charge in [-0.1, -0.05) is 11.8 Å². The van der Waals surface area contributed by atoms with Crippen LogP contribution in [0.3, 0.4) is 0 Å². The Morgan fingerprint density at radius 1 is 1.30 bits per heavy atom. The first-order chi connectivity index (χ1) is 12.9. The maximum Gasteiger partial charge on any atom is 0.233 e. The first-order valence-electron chi connectivity index (χ1n) is 8.91. The van der Waals surface area contributed by atoms with Gasteiger partial charge >= 0.3 is 0 Å². The van der Waals surface area contributed by atoms with Crippen molar-refractivity contribution in [2.75, 3.05) is 23.8 Å². The van der Waals surface area contributed by atoms with Crippen LogP contribution in [-0.2, 0) is 21.2 Å². The molecule has 2 aromatic rings. The number of carbonyl (C=O) groups excluding carboxylic acids is 1. The van der Waals surface area contributed by atoms with Crippen LogP contribution in [0.5, 0.6) is 0 Å². The molecule has 1 fully saturated rings. The van der Waals surface area contributed by atoms with Gasteiger partial charge in [0.2, 0.25) is 5.91 Å². The lowest BCUT2D eigenvalue weighted by molar-refractivity contribution is -0.129. The Labute approximate surface area is 163 Å². The topological polar surface area (TPSA) is 98.1 Å². The number of nitrogens with zero attached hydrogens (tertiary/aromatic N) is 5. The minimum atomic E-state index is -3.02. The van der Waals surface area contributed by atoms with E-state index in [4.69, 9.17) is 0 Å². The number of hydrogen-bond acceptors (Lipinski definition) is 7. The van der Waals surface area contributed by atoms with Gasteiger partial charge in [0.15, 0.2) is 20.8 Å². The molecule has 1 aliphatic rings. The first-order valence-corrected chi connectivity index (χ1v) is 11.7. The molecule has 0 bridgehead atoms. The Balaban J connectivity index is 1.69. The molecule has 0 radical (unpaired) electrons. The summed E-state index contributed by atoms with van der Waals surface area (Å²) < 4.78 is 25.4. The average molecular weight is 410 g/mol. The van der Waals surface area contributed by atoms with Crippen molar-refractivity contribution in [1.29, 1.82) is 0 Å². The van der Waals surface area contributed by atoms with Gasteiger partial charge in [-0.15, -0.1) is 10.2 Å². The summed E-state index contributed by atoms with van der Waals surface area (Å²) in [6.07, 6.45) is 3.92. The van der Waals surface area contributed by atoms with Crippen molar-refractivity contribution in [2.45, 2.75) is 38.0 Å². The number of aromatic nitrogens is 4. The summed E-state index contributed by atoms with van der Waals surface area (Å²) >= 11 is 1.33. The number of hydrogen-bond donors (Lipinski definition) is 0. The van der Waals surface area contributed by atoms with Gasteiger partial charge in [0.25, 0.3) is 0 Å². The second kappa shape index (κ2) is 8.39. The van der Waals surface area contributed by atoms with Gasteiger partial charge in [0.1, 0.15) is 0 Å². The summed E-state index contributed by atoms with van der Waals surface area (Å²) in [5.74, 6) is 1.10. The Bertz CT molecular complexity index is 899. The van der Waals surface area contributed by atoms with E-state index in [-0.39, 0.29) is 29.2 Å². The molecule has 2 aromatic heterocycles. The lowest BCUT2D eigenvalue weighted by Crippen LogP contribution is -2.42. The molecule has 10 heteroatoms. The largest absolute Gasteiger partial charge is 0.338 e. The van der Waals surface area contributed by atoms with Crippen molar-refractivity contribution in [3.05, 3.63) is 24.5 Å². The monoisotopic (exact) mass is 409 g/mol. The molecular weight excluding hydrogens is 386 g/mol. The minimum absolute atomic E-state index is 0.0641. The van der Waals surface area contributed by atoms with E-state index >= 15 is 0 Å². The molecule has 146 valence electrons. The number of pyridine rings is 1. The van der Waals surface area contributed by atoms with Crippen LogP contribution >= 0.6 is 11.8 Å². The molecule has 27 heavy (non-hydrogen) atoms. The van der Waals surface area contributed by atoms with E-state index in [1.807, 2.05) is 30.5 Å². The van der Waals surface area contributed by atoms with E-state index in [9.17, 15) is 13.2 Å². The molecule has 0 aromatic carbocycles. The highest BCUT2D eigenvalue weighted by molar-refractivity contribution is 7.99. The minimum Gasteiger partial charge on any atom is -0.338 e. The van der Waals surface area contributed by atoms with Gasteiger partial charge in [0, 0.05) is 37.1 Å². The van der Waals surface area contributed by atoms with Crippen molar-refractivity contribution in [3.8, 4) is 11.4 Å². The summed E-state index contributed by atoms with van der Waals surface area (Å²) in [7, 11) is -3.02. The van der Waals surface area contributed by atoms with Crippen LogP contribution in [0.1, 0.15) is 20.3 Å². The zero-order chi connectivity index (χ0) is 19.4. The van der Waals surface area contributed by atoms with Crippen LogP contribution in [0.25, 0.3) is 11.4 Å². The number of rotatable bonds is 7. The van der Waals surface area contributed by atoms with Crippen LogP contribution < -0.4 is 0 Å². The quantitative estimate of drug-likeness (QED) is 0.639. The molecule has 0 N–H and O–H groups in total. The molecule has 1 aliphatic heterocycles. The number of thioether (sulfide) groups is 1. The molecule has 1 saturated heterocycles. The number of sulfone groups is 1. The molecule has 0 aliphatic carbocycles. The zero-order valence-electron chi connectivity index (χ0n) is 15.4. The summed E-state index contributed by atoms with van der Waals surface area (Å²) in [4.78, 5) is 18.4.